The second-order valence-corrected chi connectivity index (χ2v) is 6.91. The van der Waals surface area contributed by atoms with Crippen molar-refractivity contribution in [2.45, 2.75) is 19.9 Å². The van der Waals surface area contributed by atoms with E-state index >= 15 is 0 Å². The number of rotatable bonds is 6. The largest absolute Gasteiger partial charge is 0.492 e. The van der Waals surface area contributed by atoms with Crippen LogP contribution in [0.4, 0.5) is 0 Å². The molecule has 0 amide bonds. The molecular weight excluding hydrogens is 313 g/mol. The molecule has 0 aliphatic heterocycles. The second kappa shape index (κ2) is 7.32. The highest BCUT2D eigenvalue weighted by Gasteiger charge is 2.12. The molecule has 1 heterocycles. The van der Waals surface area contributed by atoms with Crippen molar-refractivity contribution >= 4 is 34.5 Å². The van der Waals surface area contributed by atoms with E-state index in [4.69, 9.17) is 27.9 Å². The molecule has 0 saturated heterocycles. The van der Waals surface area contributed by atoms with Gasteiger partial charge in [-0.3, -0.25) is 0 Å². The summed E-state index contributed by atoms with van der Waals surface area (Å²) in [4.78, 5) is 0. The van der Waals surface area contributed by atoms with E-state index in [9.17, 15) is 0 Å². The van der Waals surface area contributed by atoms with Crippen molar-refractivity contribution in [3.05, 3.63) is 50.1 Å². The van der Waals surface area contributed by atoms with Gasteiger partial charge in [0.25, 0.3) is 0 Å². The molecule has 5 heteroatoms. The SMILES string of the molecule is Cc1cccc(OCCNC(C)c2cc(Cl)sc2Cl)c1. The van der Waals surface area contributed by atoms with Crippen molar-refractivity contribution in [2.24, 2.45) is 0 Å². The summed E-state index contributed by atoms with van der Waals surface area (Å²) in [6.07, 6.45) is 0. The minimum atomic E-state index is 0.160. The van der Waals surface area contributed by atoms with Crippen molar-refractivity contribution < 1.29 is 4.74 Å². The van der Waals surface area contributed by atoms with E-state index in [-0.39, 0.29) is 6.04 Å². The van der Waals surface area contributed by atoms with E-state index < -0.39 is 0 Å². The molecule has 0 bridgehead atoms. The summed E-state index contributed by atoms with van der Waals surface area (Å²) in [7, 11) is 0. The van der Waals surface area contributed by atoms with E-state index in [1.165, 1.54) is 16.9 Å². The number of aryl methyl sites for hydroxylation is 1. The van der Waals surface area contributed by atoms with Crippen molar-refractivity contribution in [1.82, 2.24) is 5.32 Å². The van der Waals surface area contributed by atoms with Crippen LogP contribution in [-0.4, -0.2) is 13.2 Å². The first-order valence-electron chi connectivity index (χ1n) is 6.44. The van der Waals surface area contributed by atoms with Gasteiger partial charge >= 0.3 is 0 Å². The van der Waals surface area contributed by atoms with Gasteiger partial charge < -0.3 is 10.1 Å². The van der Waals surface area contributed by atoms with Gasteiger partial charge in [0, 0.05) is 12.6 Å². The third-order valence-corrected chi connectivity index (χ3v) is 4.48. The minimum absolute atomic E-state index is 0.160. The highest BCUT2D eigenvalue weighted by Crippen LogP contribution is 2.34. The molecular formula is C15H17Cl2NOS. The molecule has 2 rings (SSSR count). The summed E-state index contributed by atoms with van der Waals surface area (Å²) in [5.41, 5.74) is 2.24. The Morgan fingerprint density at radius 3 is 2.75 bits per heavy atom. The third-order valence-electron chi connectivity index (χ3n) is 2.96. The highest BCUT2D eigenvalue weighted by molar-refractivity contribution is 7.20. The number of halogens is 2. The lowest BCUT2D eigenvalue weighted by Crippen LogP contribution is -2.24. The van der Waals surface area contributed by atoms with E-state index in [1.54, 1.807) is 0 Å². The highest BCUT2D eigenvalue weighted by atomic mass is 35.5. The topological polar surface area (TPSA) is 21.3 Å². The molecule has 0 radical (unpaired) electrons. The fourth-order valence-electron chi connectivity index (χ4n) is 1.91. The van der Waals surface area contributed by atoms with Crippen LogP contribution in [-0.2, 0) is 0 Å². The molecule has 1 aromatic heterocycles. The Hall–Kier alpha value is -0.740. The van der Waals surface area contributed by atoms with Crippen molar-refractivity contribution in [3.63, 3.8) is 0 Å². The maximum atomic E-state index is 6.13. The predicted octanol–water partition coefficient (Wildman–Crippen LogP) is 5.09. The van der Waals surface area contributed by atoms with Gasteiger partial charge in [-0.15, -0.1) is 11.3 Å². The monoisotopic (exact) mass is 329 g/mol. The number of benzene rings is 1. The molecule has 20 heavy (non-hydrogen) atoms. The summed E-state index contributed by atoms with van der Waals surface area (Å²) >= 11 is 13.5. The average Bonchev–Trinajstić information content (AvgIpc) is 2.74. The zero-order valence-electron chi connectivity index (χ0n) is 11.5. The summed E-state index contributed by atoms with van der Waals surface area (Å²) in [5.74, 6) is 0.899. The number of ether oxygens (including phenoxy) is 1. The fraction of sp³-hybridized carbons (Fsp3) is 0.333. The standard InChI is InChI=1S/C15H17Cl2NOS/c1-10-4-3-5-12(8-10)19-7-6-18-11(2)13-9-14(16)20-15(13)17/h3-5,8-9,11,18H,6-7H2,1-2H3. The molecule has 0 aliphatic carbocycles. The van der Waals surface area contributed by atoms with E-state index in [1.807, 2.05) is 24.3 Å². The van der Waals surface area contributed by atoms with Gasteiger partial charge in [-0.25, -0.2) is 0 Å². The van der Waals surface area contributed by atoms with Gasteiger partial charge in [0.05, 0.1) is 8.67 Å². The van der Waals surface area contributed by atoms with Crippen molar-refractivity contribution in [1.29, 1.82) is 0 Å². The van der Waals surface area contributed by atoms with Gasteiger partial charge in [-0.1, -0.05) is 35.3 Å². The van der Waals surface area contributed by atoms with Crippen LogP contribution in [0.25, 0.3) is 0 Å². The Morgan fingerprint density at radius 1 is 1.30 bits per heavy atom. The molecule has 1 atom stereocenters. The van der Waals surface area contributed by atoms with E-state index in [0.29, 0.717) is 6.61 Å². The quantitative estimate of drug-likeness (QED) is 0.745. The summed E-state index contributed by atoms with van der Waals surface area (Å²) in [5, 5.41) is 3.38. The first-order valence-corrected chi connectivity index (χ1v) is 8.01. The van der Waals surface area contributed by atoms with E-state index in [0.717, 1.165) is 26.5 Å². The second-order valence-electron chi connectivity index (χ2n) is 4.62. The van der Waals surface area contributed by atoms with Gasteiger partial charge in [0.2, 0.25) is 0 Å². The minimum Gasteiger partial charge on any atom is -0.492 e. The molecule has 1 unspecified atom stereocenters. The van der Waals surface area contributed by atoms with Gasteiger partial charge in [0.15, 0.2) is 0 Å². The Bertz CT molecular complexity index is 571. The van der Waals surface area contributed by atoms with Crippen LogP contribution >= 0.6 is 34.5 Å². The van der Waals surface area contributed by atoms with Crippen LogP contribution in [0.15, 0.2) is 30.3 Å². The Kier molecular flexibility index (Phi) is 5.73. The smallest absolute Gasteiger partial charge is 0.119 e. The van der Waals surface area contributed by atoms with Crippen LogP contribution in [0, 0.1) is 6.92 Å². The maximum absolute atomic E-state index is 6.13. The normalized spacial score (nSPS) is 12.4. The number of hydrogen-bond acceptors (Lipinski definition) is 3. The molecule has 0 spiro atoms. The van der Waals surface area contributed by atoms with Crippen LogP contribution in [0.5, 0.6) is 5.75 Å². The zero-order chi connectivity index (χ0) is 14.5. The predicted molar refractivity (Wildman–Crippen MR) is 87.4 cm³/mol. The summed E-state index contributed by atoms with van der Waals surface area (Å²) in [6, 6.07) is 10.1. The van der Waals surface area contributed by atoms with Crippen LogP contribution < -0.4 is 10.1 Å². The van der Waals surface area contributed by atoms with Crippen molar-refractivity contribution in [2.75, 3.05) is 13.2 Å². The third kappa shape index (κ3) is 4.38. The molecule has 0 fully saturated rings. The van der Waals surface area contributed by atoms with Gasteiger partial charge in [-0.05, 0) is 43.2 Å². The van der Waals surface area contributed by atoms with E-state index in [2.05, 4.69) is 25.2 Å². The van der Waals surface area contributed by atoms with Gasteiger partial charge in [-0.2, -0.15) is 0 Å². The molecule has 2 aromatic rings. The first-order chi connectivity index (χ1) is 9.56. The molecule has 0 aliphatic rings. The van der Waals surface area contributed by atoms with Gasteiger partial charge in [0.1, 0.15) is 12.4 Å². The van der Waals surface area contributed by atoms with Crippen molar-refractivity contribution in [3.8, 4) is 5.75 Å². The number of nitrogens with one attached hydrogen (secondary N) is 1. The molecule has 108 valence electrons. The lowest BCUT2D eigenvalue weighted by molar-refractivity contribution is 0.307. The Morgan fingerprint density at radius 2 is 2.10 bits per heavy atom. The van der Waals surface area contributed by atoms with Crippen LogP contribution in [0.3, 0.4) is 0 Å². The molecule has 1 aromatic carbocycles. The zero-order valence-corrected chi connectivity index (χ0v) is 13.8. The molecule has 0 saturated carbocycles. The maximum Gasteiger partial charge on any atom is 0.119 e. The molecule has 1 N–H and O–H groups in total. The number of hydrogen-bond donors (Lipinski definition) is 1. The van der Waals surface area contributed by atoms with Crippen LogP contribution in [0.2, 0.25) is 8.67 Å². The molecule has 2 nitrogen and oxygen atoms in total. The fourth-order valence-corrected chi connectivity index (χ4v) is 3.55. The summed E-state index contributed by atoms with van der Waals surface area (Å²) in [6.45, 7) is 5.48. The summed E-state index contributed by atoms with van der Waals surface area (Å²) < 4.78 is 7.15. The average molecular weight is 330 g/mol. The Balaban J connectivity index is 1.77. The lowest BCUT2D eigenvalue weighted by Gasteiger charge is -2.14. The van der Waals surface area contributed by atoms with Crippen LogP contribution in [0.1, 0.15) is 24.1 Å². The Labute approximate surface area is 133 Å². The number of thiophene rings is 1. The first kappa shape index (κ1) is 15.6. The lowest BCUT2D eigenvalue weighted by atomic mass is 10.2.